The lowest BCUT2D eigenvalue weighted by Gasteiger charge is -2.40. The lowest BCUT2D eigenvalue weighted by molar-refractivity contribution is 0.0675. The molecule has 0 spiro atoms. The largest absolute Gasteiger partial charge is 0.508 e. The van der Waals surface area contributed by atoms with Crippen molar-refractivity contribution in [3.05, 3.63) is 95.1 Å². The van der Waals surface area contributed by atoms with Crippen molar-refractivity contribution in [1.82, 2.24) is 4.90 Å². The fourth-order valence-corrected chi connectivity index (χ4v) is 3.93. The summed E-state index contributed by atoms with van der Waals surface area (Å²) in [5.74, 6) is -0.341. The summed E-state index contributed by atoms with van der Waals surface area (Å²) >= 11 is 0. The van der Waals surface area contributed by atoms with E-state index in [0.717, 1.165) is 11.1 Å². The highest BCUT2D eigenvalue weighted by Crippen LogP contribution is 2.41. The summed E-state index contributed by atoms with van der Waals surface area (Å²) in [4.78, 5) is 15.2. The molecule has 0 fully saturated rings. The van der Waals surface area contributed by atoms with Crippen LogP contribution in [-0.4, -0.2) is 27.6 Å². The Bertz CT molecular complexity index is 984. The van der Waals surface area contributed by atoms with Crippen molar-refractivity contribution in [3.8, 4) is 11.5 Å². The van der Waals surface area contributed by atoms with Gasteiger partial charge in [0.25, 0.3) is 5.91 Å². The minimum atomic E-state index is -0.247. The van der Waals surface area contributed by atoms with Gasteiger partial charge in [-0.05, 0) is 34.7 Å². The molecule has 0 aromatic heterocycles. The first-order chi connectivity index (χ1) is 13.1. The maximum atomic E-state index is 13.4. The number of nitrogens with zero attached hydrogens (tertiary/aromatic N) is 1. The van der Waals surface area contributed by atoms with Gasteiger partial charge >= 0.3 is 0 Å². The van der Waals surface area contributed by atoms with Crippen molar-refractivity contribution >= 4 is 5.91 Å². The molecular weight excluding hydrogens is 338 g/mol. The molecule has 0 aliphatic carbocycles. The van der Waals surface area contributed by atoms with Gasteiger partial charge in [-0.15, -0.1) is 0 Å². The lowest BCUT2D eigenvalue weighted by atomic mass is 9.83. The number of rotatable bonds is 2. The highest BCUT2D eigenvalue weighted by Gasteiger charge is 2.36. The second-order valence-corrected chi connectivity index (χ2v) is 7.00. The summed E-state index contributed by atoms with van der Waals surface area (Å²) in [5, 5.41) is 19.7. The molecule has 1 amide bonds. The van der Waals surface area contributed by atoms with Gasteiger partial charge < -0.3 is 15.1 Å². The van der Waals surface area contributed by atoms with E-state index in [1.807, 2.05) is 47.4 Å². The van der Waals surface area contributed by atoms with Crippen molar-refractivity contribution in [3.63, 3.8) is 0 Å². The van der Waals surface area contributed by atoms with Gasteiger partial charge in [-0.25, -0.2) is 0 Å². The molecular formula is C23H21NO3. The average molecular weight is 359 g/mol. The molecule has 0 saturated heterocycles. The monoisotopic (exact) mass is 359 g/mol. The molecule has 1 heterocycles. The van der Waals surface area contributed by atoms with E-state index in [1.54, 1.807) is 0 Å². The average Bonchev–Trinajstić information content (AvgIpc) is 2.68. The number of benzene rings is 3. The summed E-state index contributed by atoms with van der Waals surface area (Å²) in [6, 6.07) is 22.0. The van der Waals surface area contributed by atoms with E-state index < -0.39 is 0 Å². The minimum absolute atomic E-state index is 0.0685. The molecule has 2 unspecified atom stereocenters. The number of carbonyl (C=O) groups is 1. The van der Waals surface area contributed by atoms with Crippen molar-refractivity contribution in [2.45, 2.75) is 18.9 Å². The Hall–Kier alpha value is -3.27. The van der Waals surface area contributed by atoms with Crippen molar-refractivity contribution < 1.29 is 15.0 Å². The van der Waals surface area contributed by atoms with E-state index >= 15 is 0 Å². The molecule has 136 valence electrons. The first kappa shape index (κ1) is 17.2. The van der Waals surface area contributed by atoms with Crippen LogP contribution in [-0.2, 0) is 0 Å². The highest BCUT2D eigenvalue weighted by atomic mass is 16.3. The number of fused-ring (bicyclic) bond motifs is 1. The van der Waals surface area contributed by atoms with E-state index in [-0.39, 0.29) is 34.9 Å². The van der Waals surface area contributed by atoms with Gasteiger partial charge in [0.15, 0.2) is 0 Å². The summed E-state index contributed by atoms with van der Waals surface area (Å²) in [5.41, 5.74) is 3.57. The number of phenolic OH excluding ortho intramolecular Hbond substituents is 2. The Labute approximate surface area is 158 Å². The van der Waals surface area contributed by atoms with Crippen LogP contribution in [0.1, 0.15) is 45.9 Å². The smallest absolute Gasteiger partial charge is 0.258 e. The van der Waals surface area contributed by atoms with Crippen LogP contribution in [0, 0.1) is 0 Å². The van der Waals surface area contributed by atoms with Gasteiger partial charge in [0.2, 0.25) is 0 Å². The van der Waals surface area contributed by atoms with E-state index in [4.69, 9.17) is 0 Å². The van der Waals surface area contributed by atoms with Crippen molar-refractivity contribution in [2.75, 3.05) is 6.54 Å². The normalized spacial score (nSPS) is 18.8. The molecule has 0 saturated carbocycles. The molecule has 4 rings (SSSR count). The van der Waals surface area contributed by atoms with E-state index in [2.05, 4.69) is 19.1 Å². The predicted octanol–water partition coefficient (Wildman–Crippen LogP) is 4.45. The molecule has 1 aliphatic rings. The molecule has 3 aromatic carbocycles. The van der Waals surface area contributed by atoms with Gasteiger partial charge in [0.05, 0.1) is 11.6 Å². The molecule has 0 radical (unpaired) electrons. The zero-order valence-corrected chi connectivity index (χ0v) is 15.0. The third-order valence-corrected chi connectivity index (χ3v) is 5.19. The van der Waals surface area contributed by atoms with Crippen LogP contribution in [0.4, 0.5) is 0 Å². The minimum Gasteiger partial charge on any atom is -0.508 e. The number of hydrogen-bond donors (Lipinski definition) is 2. The Morgan fingerprint density at radius 1 is 0.926 bits per heavy atom. The van der Waals surface area contributed by atoms with Crippen LogP contribution in [0.5, 0.6) is 11.5 Å². The van der Waals surface area contributed by atoms with E-state index in [0.29, 0.717) is 6.54 Å². The topological polar surface area (TPSA) is 60.8 Å². The SMILES string of the molecule is CC1CN(C(=O)c2ccc(O)cc2O)C(c2ccccc2)c2ccccc21. The Morgan fingerprint density at radius 2 is 1.59 bits per heavy atom. The number of hydrogen-bond acceptors (Lipinski definition) is 3. The van der Waals surface area contributed by atoms with Crippen LogP contribution in [0.2, 0.25) is 0 Å². The van der Waals surface area contributed by atoms with Crippen LogP contribution in [0.25, 0.3) is 0 Å². The lowest BCUT2D eigenvalue weighted by Crippen LogP contribution is -2.42. The molecule has 2 atom stereocenters. The summed E-state index contributed by atoms with van der Waals surface area (Å²) in [6.45, 7) is 2.66. The Kier molecular flexibility index (Phi) is 4.32. The zero-order chi connectivity index (χ0) is 19.0. The van der Waals surface area contributed by atoms with Gasteiger partial charge in [0.1, 0.15) is 11.5 Å². The second kappa shape index (κ2) is 6.80. The number of aromatic hydroxyl groups is 2. The fraction of sp³-hybridized carbons (Fsp3) is 0.174. The maximum absolute atomic E-state index is 13.4. The first-order valence-corrected chi connectivity index (χ1v) is 9.03. The van der Waals surface area contributed by atoms with Crippen LogP contribution < -0.4 is 0 Å². The van der Waals surface area contributed by atoms with Crippen LogP contribution >= 0.6 is 0 Å². The maximum Gasteiger partial charge on any atom is 0.258 e. The standard InChI is InChI=1S/C23H21NO3/c1-15-14-24(23(27)20-12-11-17(25)13-21(20)26)22(16-7-3-2-4-8-16)19-10-6-5-9-18(15)19/h2-13,15,22,25-26H,14H2,1H3. The zero-order valence-electron chi connectivity index (χ0n) is 15.0. The van der Waals surface area contributed by atoms with Crippen LogP contribution in [0.15, 0.2) is 72.8 Å². The fourth-order valence-electron chi connectivity index (χ4n) is 3.93. The quantitative estimate of drug-likeness (QED) is 0.711. The van der Waals surface area contributed by atoms with Gasteiger partial charge in [-0.2, -0.15) is 0 Å². The third-order valence-electron chi connectivity index (χ3n) is 5.19. The highest BCUT2D eigenvalue weighted by molar-refractivity contribution is 5.97. The summed E-state index contributed by atoms with van der Waals surface area (Å²) in [7, 11) is 0. The molecule has 4 heteroatoms. The van der Waals surface area contributed by atoms with Gasteiger partial charge in [-0.3, -0.25) is 4.79 Å². The molecule has 3 aromatic rings. The number of amides is 1. The Morgan fingerprint density at radius 3 is 2.30 bits per heavy atom. The number of phenols is 2. The van der Waals surface area contributed by atoms with E-state index in [1.165, 1.54) is 23.8 Å². The molecule has 0 bridgehead atoms. The van der Waals surface area contributed by atoms with Gasteiger partial charge in [-0.1, -0.05) is 61.5 Å². The molecule has 1 aliphatic heterocycles. The molecule has 2 N–H and O–H groups in total. The summed E-state index contributed by atoms with van der Waals surface area (Å²) in [6.07, 6.45) is 0. The van der Waals surface area contributed by atoms with Gasteiger partial charge in [0, 0.05) is 12.6 Å². The molecule has 4 nitrogen and oxygen atoms in total. The third kappa shape index (κ3) is 3.04. The van der Waals surface area contributed by atoms with E-state index in [9.17, 15) is 15.0 Å². The van der Waals surface area contributed by atoms with Crippen molar-refractivity contribution in [2.24, 2.45) is 0 Å². The summed E-state index contributed by atoms with van der Waals surface area (Å²) < 4.78 is 0. The first-order valence-electron chi connectivity index (χ1n) is 9.03. The molecule has 27 heavy (non-hydrogen) atoms. The van der Waals surface area contributed by atoms with Crippen molar-refractivity contribution in [1.29, 1.82) is 0 Å². The second-order valence-electron chi connectivity index (χ2n) is 7.00. The Balaban J connectivity index is 1.84. The number of carbonyl (C=O) groups excluding carboxylic acids is 1. The predicted molar refractivity (Wildman–Crippen MR) is 104 cm³/mol. The van der Waals surface area contributed by atoms with Crippen LogP contribution in [0.3, 0.4) is 0 Å².